The number of nitrogens with zero attached hydrogens (tertiary/aromatic N) is 2. The van der Waals surface area contributed by atoms with E-state index in [-0.39, 0.29) is 22.5 Å². The Kier molecular flexibility index (Phi) is 5.79. The van der Waals surface area contributed by atoms with Gasteiger partial charge in [0.15, 0.2) is 0 Å². The summed E-state index contributed by atoms with van der Waals surface area (Å²) in [4.78, 5) is 41.2. The number of ether oxygens (including phenoxy) is 1. The summed E-state index contributed by atoms with van der Waals surface area (Å²) in [6, 6.07) is 3.44. The van der Waals surface area contributed by atoms with Gasteiger partial charge in [-0.3, -0.25) is 9.69 Å². The first kappa shape index (κ1) is 19.0. The first-order valence-electron chi connectivity index (χ1n) is 8.10. The number of carbonyl (C=O) groups is 3. The van der Waals surface area contributed by atoms with Crippen LogP contribution in [0.15, 0.2) is 23.6 Å². The van der Waals surface area contributed by atoms with Gasteiger partial charge in [-0.05, 0) is 18.2 Å². The van der Waals surface area contributed by atoms with Crippen molar-refractivity contribution >= 4 is 34.9 Å². The van der Waals surface area contributed by atoms with Crippen molar-refractivity contribution in [1.82, 2.24) is 9.88 Å². The Bertz CT molecular complexity index is 843. The fourth-order valence-corrected chi connectivity index (χ4v) is 3.40. The van der Waals surface area contributed by atoms with Gasteiger partial charge in [0, 0.05) is 24.2 Å². The van der Waals surface area contributed by atoms with Crippen LogP contribution in [0, 0.1) is 0 Å². The van der Waals surface area contributed by atoms with E-state index < -0.39 is 17.8 Å². The highest BCUT2D eigenvalue weighted by Gasteiger charge is 2.17. The molecule has 9 nitrogen and oxygen atoms in total. The van der Waals surface area contributed by atoms with E-state index in [1.165, 1.54) is 23.5 Å². The smallest absolute Gasteiger partial charge is 0.335 e. The summed E-state index contributed by atoms with van der Waals surface area (Å²) in [6.45, 7) is 3.58. The first-order chi connectivity index (χ1) is 12.9. The number of carboxylic acids is 2. The predicted molar refractivity (Wildman–Crippen MR) is 96.5 cm³/mol. The van der Waals surface area contributed by atoms with Crippen LogP contribution in [0.1, 0.15) is 36.2 Å². The highest BCUT2D eigenvalue weighted by Crippen LogP contribution is 2.18. The fraction of sp³-hybridized carbons (Fsp3) is 0.294. The molecule has 2 aromatic rings. The minimum atomic E-state index is -1.28. The van der Waals surface area contributed by atoms with Crippen LogP contribution < -0.4 is 5.32 Å². The van der Waals surface area contributed by atoms with Gasteiger partial charge in [-0.2, -0.15) is 0 Å². The van der Waals surface area contributed by atoms with Gasteiger partial charge in [0.1, 0.15) is 10.7 Å². The molecule has 3 N–H and O–H groups in total. The maximum Gasteiger partial charge on any atom is 0.335 e. The topological polar surface area (TPSA) is 129 Å². The van der Waals surface area contributed by atoms with Gasteiger partial charge in [0.2, 0.25) is 0 Å². The predicted octanol–water partition coefficient (Wildman–Crippen LogP) is 1.62. The molecular weight excluding hydrogens is 374 g/mol. The van der Waals surface area contributed by atoms with Gasteiger partial charge >= 0.3 is 11.9 Å². The lowest BCUT2D eigenvalue weighted by Gasteiger charge is -2.25. The van der Waals surface area contributed by atoms with Crippen LogP contribution in [-0.2, 0) is 11.3 Å². The third-order valence-electron chi connectivity index (χ3n) is 3.93. The van der Waals surface area contributed by atoms with Gasteiger partial charge in [0.05, 0.1) is 30.9 Å². The van der Waals surface area contributed by atoms with Crippen molar-refractivity contribution in [3.63, 3.8) is 0 Å². The number of thiazole rings is 1. The fourth-order valence-electron chi connectivity index (χ4n) is 2.58. The number of nitrogens with one attached hydrogen (secondary N) is 1. The zero-order valence-corrected chi connectivity index (χ0v) is 15.0. The molecule has 0 saturated carbocycles. The van der Waals surface area contributed by atoms with E-state index in [0.717, 1.165) is 24.2 Å². The van der Waals surface area contributed by atoms with Crippen LogP contribution in [-0.4, -0.2) is 64.2 Å². The highest BCUT2D eigenvalue weighted by atomic mass is 32.1. The van der Waals surface area contributed by atoms with Crippen LogP contribution in [0.4, 0.5) is 5.69 Å². The highest BCUT2D eigenvalue weighted by molar-refractivity contribution is 7.09. The van der Waals surface area contributed by atoms with Crippen molar-refractivity contribution in [2.24, 2.45) is 0 Å². The van der Waals surface area contributed by atoms with Crippen molar-refractivity contribution in [3.8, 4) is 0 Å². The second kappa shape index (κ2) is 8.25. The molecule has 1 saturated heterocycles. The number of carbonyl (C=O) groups excluding carboxylic acids is 1. The molecule has 0 bridgehead atoms. The molecule has 0 spiro atoms. The van der Waals surface area contributed by atoms with E-state index in [0.29, 0.717) is 19.8 Å². The summed E-state index contributed by atoms with van der Waals surface area (Å²) in [5.74, 6) is -3.09. The Morgan fingerprint density at radius 3 is 2.33 bits per heavy atom. The number of morpholine rings is 1. The summed E-state index contributed by atoms with van der Waals surface area (Å²) >= 11 is 1.36. The van der Waals surface area contributed by atoms with Crippen molar-refractivity contribution in [2.75, 3.05) is 31.6 Å². The molecule has 1 aliphatic rings. The average molecular weight is 391 g/mol. The van der Waals surface area contributed by atoms with Crippen molar-refractivity contribution in [2.45, 2.75) is 6.54 Å². The van der Waals surface area contributed by atoms with E-state index >= 15 is 0 Å². The normalized spacial score (nSPS) is 14.7. The maximum absolute atomic E-state index is 12.4. The number of aromatic carboxylic acids is 2. The second-order valence-corrected chi connectivity index (χ2v) is 6.82. The van der Waals surface area contributed by atoms with Crippen LogP contribution >= 0.6 is 11.3 Å². The monoisotopic (exact) mass is 391 g/mol. The number of rotatable bonds is 6. The lowest BCUT2D eigenvalue weighted by Crippen LogP contribution is -2.35. The summed E-state index contributed by atoms with van der Waals surface area (Å²) in [5.41, 5.74) is -0.172. The number of benzene rings is 1. The van der Waals surface area contributed by atoms with Crippen molar-refractivity contribution in [1.29, 1.82) is 0 Å². The summed E-state index contributed by atoms with van der Waals surface area (Å²) in [7, 11) is 0. The molecule has 10 heteroatoms. The molecule has 1 amide bonds. The molecule has 142 valence electrons. The van der Waals surface area contributed by atoms with Gasteiger partial charge in [-0.15, -0.1) is 11.3 Å². The Morgan fingerprint density at radius 1 is 1.11 bits per heavy atom. The number of hydrogen-bond acceptors (Lipinski definition) is 7. The van der Waals surface area contributed by atoms with Crippen LogP contribution in [0.25, 0.3) is 0 Å². The molecule has 3 rings (SSSR count). The molecule has 27 heavy (non-hydrogen) atoms. The SMILES string of the molecule is O=C(O)c1cc(NC(=O)c2csc(CN3CCOCC3)n2)cc(C(=O)O)c1. The first-order valence-corrected chi connectivity index (χ1v) is 8.98. The third kappa shape index (κ3) is 4.88. The van der Waals surface area contributed by atoms with E-state index in [9.17, 15) is 14.4 Å². The molecule has 0 atom stereocenters. The molecule has 0 unspecified atom stereocenters. The minimum absolute atomic E-state index is 0.0834. The van der Waals surface area contributed by atoms with E-state index in [2.05, 4.69) is 15.2 Å². The van der Waals surface area contributed by atoms with Crippen LogP contribution in [0.2, 0.25) is 0 Å². The molecule has 1 aliphatic heterocycles. The van der Waals surface area contributed by atoms with E-state index in [1.807, 2.05) is 0 Å². The Hall–Kier alpha value is -2.82. The number of aromatic nitrogens is 1. The second-order valence-electron chi connectivity index (χ2n) is 5.88. The van der Waals surface area contributed by atoms with Crippen LogP contribution in [0.5, 0.6) is 0 Å². The van der Waals surface area contributed by atoms with Gasteiger partial charge in [-0.25, -0.2) is 14.6 Å². The van der Waals surface area contributed by atoms with Gasteiger partial charge < -0.3 is 20.3 Å². The molecule has 0 radical (unpaired) electrons. The van der Waals surface area contributed by atoms with E-state index in [1.54, 1.807) is 5.38 Å². The largest absolute Gasteiger partial charge is 0.478 e. The van der Waals surface area contributed by atoms with Crippen molar-refractivity contribution in [3.05, 3.63) is 45.4 Å². The standard InChI is InChI=1S/C17H17N3O6S/c21-15(13-9-27-14(19-13)8-20-1-3-26-4-2-20)18-12-6-10(16(22)23)5-11(7-12)17(24)25/h5-7,9H,1-4,8H2,(H,18,21)(H,22,23)(H,24,25). The Balaban J connectivity index is 1.71. The summed E-state index contributed by atoms with van der Waals surface area (Å²) < 4.78 is 5.29. The number of carboxylic acid groups (broad SMARTS) is 2. The summed E-state index contributed by atoms with van der Waals surface area (Å²) in [6.07, 6.45) is 0. The molecule has 1 aromatic carbocycles. The van der Waals surface area contributed by atoms with Crippen molar-refractivity contribution < 1.29 is 29.3 Å². The number of amides is 1. The Morgan fingerprint density at radius 2 is 1.74 bits per heavy atom. The molecule has 0 aliphatic carbocycles. The molecule has 1 aromatic heterocycles. The lowest BCUT2D eigenvalue weighted by atomic mass is 10.1. The average Bonchev–Trinajstić information content (AvgIpc) is 3.11. The molecular formula is C17H17N3O6S. The molecule has 1 fully saturated rings. The van der Waals surface area contributed by atoms with Gasteiger partial charge in [0.25, 0.3) is 5.91 Å². The van der Waals surface area contributed by atoms with E-state index in [4.69, 9.17) is 14.9 Å². The minimum Gasteiger partial charge on any atom is -0.478 e. The Labute approximate surface area is 158 Å². The lowest BCUT2D eigenvalue weighted by molar-refractivity contribution is 0.0341. The molecule has 2 heterocycles. The maximum atomic E-state index is 12.4. The quantitative estimate of drug-likeness (QED) is 0.677. The number of hydrogen-bond donors (Lipinski definition) is 3. The summed E-state index contributed by atoms with van der Waals surface area (Å²) in [5, 5.41) is 23.1. The zero-order chi connectivity index (χ0) is 19.4. The van der Waals surface area contributed by atoms with Crippen LogP contribution in [0.3, 0.4) is 0 Å². The zero-order valence-electron chi connectivity index (χ0n) is 14.2. The third-order valence-corrected chi connectivity index (χ3v) is 4.77. The van der Waals surface area contributed by atoms with Gasteiger partial charge in [-0.1, -0.05) is 0 Å². The number of anilines is 1.